The zero-order valence-corrected chi connectivity index (χ0v) is 15.5. The van der Waals surface area contributed by atoms with Crippen molar-refractivity contribution in [1.82, 2.24) is 4.98 Å². The molecule has 26 heavy (non-hydrogen) atoms. The molecule has 0 aliphatic rings. The van der Waals surface area contributed by atoms with Gasteiger partial charge in [-0.25, -0.2) is 9.78 Å². The van der Waals surface area contributed by atoms with Crippen LogP contribution in [0.4, 0.5) is 21.3 Å². The molecule has 3 N–H and O–H groups in total. The number of halogens is 1. The Bertz CT molecular complexity index is 989. The first-order valence-corrected chi connectivity index (χ1v) is 8.74. The van der Waals surface area contributed by atoms with Gasteiger partial charge in [0.15, 0.2) is 5.13 Å². The standard InChI is InChI=1S/C17H15ClN4O3S/c1-9(23)19-17-22-13-8-11(4-6-15(13)26-17)20-16(24)21-12-7-10(18)3-5-14(12)25-2/h3-8H,1-2H3,(H,19,22,23)(H2,20,21,24). The van der Waals surface area contributed by atoms with Crippen LogP contribution in [-0.2, 0) is 4.79 Å². The van der Waals surface area contributed by atoms with E-state index in [0.717, 1.165) is 4.70 Å². The molecule has 9 heteroatoms. The summed E-state index contributed by atoms with van der Waals surface area (Å²) in [5.74, 6) is 0.316. The van der Waals surface area contributed by atoms with Crippen LogP contribution in [0.2, 0.25) is 5.02 Å². The van der Waals surface area contributed by atoms with Gasteiger partial charge < -0.3 is 20.7 Å². The average molecular weight is 391 g/mol. The molecule has 0 radical (unpaired) electrons. The van der Waals surface area contributed by atoms with Gasteiger partial charge in [0, 0.05) is 17.6 Å². The van der Waals surface area contributed by atoms with Crippen molar-refractivity contribution in [3.63, 3.8) is 0 Å². The smallest absolute Gasteiger partial charge is 0.323 e. The van der Waals surface area contributed by atoms with Gasteiger partial charge >= 0.3 is 6.03 Å². The molecule has 0 atom stereocenters. The predicted octanol–water partition coefficient (Wildman–Crippen LogP) is 4.56. The van der Waals surface area contributed by atoms with Crippen LogP contribution < -0.4 is 20.7 Å². The van der Waals surface area contributed by atoms with Gasteiger partial charge in [0.05, 0.1) is 23.0 Å². The number of benzene rings is 2. The monoisotopic (exact) mass is 390 g/mol. The van der Waals surface area contributed by atoms with Crippen molar-refractivity contribution >= 4 is 61.6 Å². The van der Waals surface area contributed by atoms with E-state index in [9.17, 15) is 9.59 Å². The molecule has 0 saturated heterocycles. The maximum atomic E-state index is 12.3. The number of carbonyl (C=O) groups excluding carboxylic acids is 2. The molecule has 0 saturated carbocycles. The second kappa shape index (κ2) is 7.59. The number of hydrogen-bond acceptors (Lipinski definition) is 5. The first-order valence-electron chi connectivity index (χ1n) is 7.54. The third-order valence-electron chi connectivity index (χ3n) is 3.34. The van der Waals surface area contributed by atoms with Crippen LogP contribution in [-0.4, -0.2) is 24.0 Å². The molecule has 3 rings (SSSR count). The van der Waals surface area contributed by atoms with Crippen LogP contribution in [0.25, 0.3) is 10.2 Å². The molecule has 0 unspecified atom stereocenters. The Hall–Kier alpha value is -2.84. The second-order valence-corrected chi connectivity index (χ2v) is 6.77. The van der Waals surface area contributed by atoms with Crippen molar-refractivity contribution in [2.75, 3.05) is 23.1 Å². The fraction of sp³-hybridized carbons (Fsp3) is 0.118. The molecule has 1 heterocycles. The molecule has 0 bridgehead atoms. The third kappa shape index (κ3) is 4.22. The molecule has 0 aliphatic heterocycles. The van der Waals surface area contributed by atoms with E-state index in [-0.39, 0.29) is 5.91 Å². The second-order valence-electron chi connectivity index (χ2n) is 5.31. The van der Waals surface area contributed by atoms with E-state index >= 15 is 0 Å². The minimum Gasteiger partial charge on any atom is -0.495 e. The first-order chi connectivity index (χ1) is 12.4. The zero-order valence-electron chi connectivity index (χ0n) is 13.9. The lowest BCUT2D eigenvalue weighted by Gasteiger charge is -2.11. The Kier molecular flexibility index (Phi) is 5.24. The van der Waals surface area contributed by atoms with Gasteiger partial charge in [0.1, 0.15) is 5.75 Å². The minimum absolute atomic E-state index is 0.183. The number of carbonyl (C=O) groups is 2. The lowest BCUT2D eigenvalue weighted by atomic mass is 10.3. The normalized spacial score (nSPS) is 10.4. The summed E-state index contributed by atoms with van der Waals surface area (Å²) in [7, 11) is 1.51. The molecule has 134 valence electrons. The van der Waals surface area contributed by atoms with E-state index in [2.05, 4.69) is 20.9 Å². The number of amides is 3. The largest absolute Gasteiger partial charge is 0.495 e. The maximum absolute atomic E-state index is 12.3. The van der Waals surface area contributed by atoms with E-state index in [1.807, 2.05) is 6.07 Å². The van der Waals surface area contributed by atoms with Gasteiger partial charge in [-0.05, 0) is 36.4 Å². The van der Waals surface area contributed by atoms with Crippen LogP contribution in [0.5, 0.6) is 5.75 Å². The van der Waals surface area contributed by atoms with Crippen LogP contribution in [0.3, 0.4) is 0 Å². The molecular weight excluding hydrogens is 376 g/mol. The van der Waals surface area contributed by atoms with Gasteiger partial charge in [-0.15, -0.1) is 0 Å². The van der Waals surface area contributed by atoms with Crippen molar-refractivity contribution in [1.29, 1.82) is 0 Å². The highest BCUT2D eigenvalue weighted by molar-refractivity contribution is 7.22. The fourth-order valence-electron chi connectivity index (χ4n) is 2.27. The molecule has 2 aromatic carbocycles. The molecule has 3 aromatic rings. The van der Waals surface area contributed by atoms with Gasteiger partial charge in [0.25, 0.3) is 0 Å². The SMILES string of the molecule is COc1ccc(Cl)cc1NC(=O)Nc1ccc2sc(NC(C)=O)nc2c1. The number of thiazole rings is 1. The highest BCUT2D eigenvalue weighted by Gasteiger charge is 2.10. The number of ether oxygens (including phenoxy) is 1. The quantitative estimate of drug-likeness (QED) is 0.608. The first kappa shape index (κ1) is 18.0. The van der Waals surface area contributed by atoms with E-state index in [1.165, 1.54) is 25.4 Å². The van der Waals surface area contributed by atoms with E-state index in [4.69, 9.17) is 16.3 Å². The summed E-state index contributed by atoms with van der Waals surface area (Å²) >= 11 is 7.32. The van der Waals surface area contributed by atoms with Gasteiger partial charge in [-0.2, -0.15) is 0 Å². The van der Waals surface area contributed by atoms with Crippen LogP contribution in [0, 0.1) is 0 Å². The Morgan fingerprint density at radius 1 is 1.12 bits per heavy atom. The summed E-state index contributed by atoms with van der Waals surface area (Å²) < 4.78 is 6.10. The van der Waals surface area contributed by atoms with Gasteiger partial charge in [0.2, 0.25) is 5.91 Å². The Labute approximate surface area is 158 Å². The summed E-state index contributed by atoms with van der Waals surface area (Å²) in [4.78, 5) is 27.7. The average Bonchev–Trinajstić information content (AvgIpc) is 2.95. The summed E-state index contributed by atoms with van der Waals surface area (Å²) in [6.45, 7) is 1.42. The van der Waals surface area contributed by atoms with Crippen LogP contribution in [0.15, 0.2) is 36.4 Å². The van der Waals surface area contributed by atoms with Crippen molar-refractivity contribution in [3.05, 3.63) is 41.4 Å². The summed E-state index contributed by atoms with van der Waals surface area (Å²) in [5.41, 5.74) is 1.70. The topological polar surface area (TPSA) is 92.4 Å². The Morgan fingerprint density at radius 2 is 1.92 bits per heavy atom. The predicted molar refractivity (Wildman–Crippen MR) is 105 cm³/mol. The van der Waals surface area contributed by atoms with E-state index < -0.39 is 6.03 Å². The summed E-state index contributed by atoms with van der Waals surface area (Å²) in [5, 5.41) is 9.07. The fourth-order valence-corrected chi connectivity index (χ4v) is 3.34. The van der Waals surface area contributed by atoms with Crippen LogP contribution >= 0.6 is 22.9 Å². The number of methoxy groups -OCH3 is 1. The van der Waals surface area contributed by atoms with Crippen molar-refractivity contribution < 1.29 is 14.3 Å². The third-order valence-corrected chi connectivity index (χ3v) is 4.53. The van der Waals surface area contributed by atoms with Crippen LogP contribution in [0.1, 0.15) is 6.92 Å². The molecule has 0 fully saturated rings. The number of anilines is 3. The number of aromatic nitrogens is 1. The highest BCUT2D eigenvalue weighted by Crippen LogP contribution is 2.29. The number of rotatable bonds is 4. The summed E-state index contributed by atoms with van der Waals surface area (Å²) in [6, 6.07) is 9.81. The molecule has 0 spiro atoms. The molecular formula is C17H15ClN4O3S. The summed E-state index contributed by atoms with van der Waals surface area (Å²) in [6.07, 6.45) is 0. The number of fused-ring (bicyclic) bond motifs is 1. The molecule has 3 amide bonds. The van der Waals surface area contributed by atoms with Gasteiger partial charge in [-0.3, -0.25) is 4.79 Å². The Morgan fingerprint density at radius 3 is 2.65 bits per heavy atom. The van der Waals surface area contributed by atoms with Gasteiger partial charge in [-0.1, -0.05) is 22.9 Å². The lowest BCUT2D eigenvalue weighted by molar-refractivity contribution is -0.114. The lowest BCUT2D eigenvalue weighted by Crippen LogP contribution is -2.19. The maximum Gasteiger partial charge on any atom is 0.323 e. The van der Waals surface area contributed by atoms with Crippen molar-refractivity contribution in [2.24, 2.45) is 0 Å². The van der Waals surface area contributed by atoms with Crippen molar-refractivity contribution in [3.8, 4) is 5.75 Å². The van der Waals surface area contributed by atoms with E-state index in [0.29, 0.717) is 32.8 Å². The molecule has 0 aliphatic carbocycles. The Balaban J connectivity index is 1.75. The molecule has 7 nitrogen and oxygen atoms in total. The van der Waals surface area contributed by atoms with Crippen molar-refractivity contribution in [2.45, 2.75) is 6.92 Å². The highest BCUT2D eigenvalue weighted by atomic mass is 35.5. The number of urea groups is 1. The minimum atomic E-state index is -0.442. The molecule has 1 aromatic heterocycles. The number of nitrogens with one attached hydrogen (secondary N) is 3. The zero-order chi connectivity index (χ0) is 18.7. The van der Waals surface area contributed by atoms with E-state index in [1.54, 1.807) is 30.3 Å². The number of nitrogens with zero attached hydrogens (tertiary/aromatic N) is 1. The number of hydrogen-bond donors (Lipinski definition) is 3.